The largest absolute Gasteiger partial charge is 0.353 e. The number of hydrogen-bond donors (Lipinski definition) is 1. The van der Waals surface area contributed by atoms with Gasteiger partial charge >= 0.3 is 6.03 Å². The molecule has 16 heavy (non-hydrogen) atoms. The molecule has 1 aliphatic rings. The highest BCUT2D eigenvalue weighted by atomic mass is 16.2. The summed E-state index contributed by atoms with van der Waals surface area (Å²) in [5.74, 6) is 0.985. The zero-order valence-electron chi connectivity index (χ0n) is 9.39. The summed E-state index contributed by atoms with van der Waals surface area (Å²) in [6.45, 7) is 3.17. The number of urea groups is 1. The normalized spacial score (nSPS) is 16.1. The zero-order chi connectivity index (χ0) is 11.4. The molecule has 0 aromatic carbocycles. The van der Waals surface area contributed by atoms with Crippen LogP contribution in [0.3, 0.4) is 0 Å². The van der Waals surface area contributed by atoms with Gasteiger partial charge in [0.25, 0.3) is 0 Å². The molecule has 1 aromatic rings. The number of amides is 2. The Hall–Kier alpha value is -1.78. The lowest BCUT2D eigenvalue weighted by Gasteiger charge is -2.35. The second-order valence-electron chi connectivity index (χ2n) is 3.72. The van der Waals surface area contributed by atoms with E-state index in [9.17, 15) is 4.79 Å². The Morgan fingerprint density at radius 1 is 1.31 bits per heavy atom. The van der Waals surface area contributed by atoms with Gasteiger partial charge in [0.2, 0.25) is 0 Å². The van der Waals surface area contributed by atoms with Crippen LogP contribution in [0.5, 0.6) is 0 Å². The molecule has 1 saturated heterocycles. The summed E-state index contributed by atoms with van der Waals surface area (Å²) >= 11 is 0. The lowest BCUT2D eigenvalue weighted by molar-refractivity contribution is 0.196. The highest BCUT2D eigenvalue weighted by Gasteiger charge is 2.20. The molecule has 86 valence electrons. The average molecular weight is 220 g/mol. The van der Waals surface area contributed by atoms with E-state index in [-0.39, 0.29) is 6.03 Å². The minimum absolute atomic E-state index is 0.000621. The summed E-state index contributed by atoms with van der Waals surface area (Å²) < 4.78 is 0. The molecule has 0 aliphatic carbocycles. The Morgan fingerprint density at radius 3 is 2.62 bits per heavy atom. The van der Waals surface area contributed by atoms with Crippen molar-refractivity contribution in [3.8, 4) is 0 Å². The molecule has 0 saturated carbocycles. The maximum Gasteiger partial charge on any atom is 0.317 e. The molecule has 0 radical (unpaired) electrons. The predicted octanol–water partition coefficient (Wildman–Crippen LogP) is 0.543. The first-order valence-corrected chi connectivity index (χ1v) is 5.44. The molecule has 1 N–H and O–H groups in total. The van der Waals surface area contributed by atoms with Gasteiger partial charge in [-0.15, -0.1) is 0 Å². The molecule has 0 unspecified atom stereocenters. The highest BCUT2D eigenvalue weighted by molar-refractivity contribution is 5.74. The van der Waals surface area contributed by atoms with E-state index in [2.05, 4.69) is 15.2 Å². The van der Waals surface area contributed by atoms with E-state index in [1.54, 1.807) is 13.2 Å². The number of hydrogen-bond acceptors (Lipinski definition) is 3. The minimum atomic E-state index is 0.000621. The van der Waals surface area contributed by atoms with Crippen molar-refractivity contribution in [1.29, 1.82) is 0 Å². The van der Waals surface area contributed by atoms with Gasteiger partial charge in [0, 0.05) is 39.4 Å². The number of anilines is 1. The van der Waals surface area contributed by atoms with Crippen LogP contribution < -0.4 is 10.2 Å². The fourth-order valence-electron chi connectivity index (χ4n) is 1.84. The third kappa shape index (κ3) is 2.24. The summed E-state index contributed by atoms with van der Waals surface area (Å²) in [5.41, 5.74) is 0. The number of piperazine rings is 1. The molecule has 1 aliphatic heterocycles. The third-order valence-electron chi connectivity index (χ3n) is 2.75. The number of nitrogens with one attached hydrogen (secondary N) is 1. The summed E-state index contributed by atoms with van der Waals surface area (Å²) in [5, 5.41) is 2.64. The maximum atomic E-state index is 11.4. The van der Waals surface area contributed by atoms with Crippen LogP contribution >= 0.6 is 0 Å². The third-order valence-corrected chi connectivity index (χ3v) is 2.75. The molecule has 0 spiro atoms. The van der Waals surface area contributed by atoms with E-state index in [4.69, 9.17) is 0 Å². The summed E-state index contributed by atoms with van der Waals surface area (Å²) in [7, 11) is 1.66. The van der Waals surface area contributed by atoms with Crippen LogP contribution in [0.1, 0.15) is 0 Å². The van der Waals surface area contributed by atoms with Crippen molar-refractivity contribution >= 4 is 11.8 Å². The molecule has 1 fully saturated rings. The fourth-order valence-corrected chi connectivity index (χ4v) is 1.84. The monoisotopic (exact) mass is 220 g/mol. The molecular formula is C11H16N4O. The smallest absolute Gasteiger partial charge is 0.317 e. The highest BCUT2D eigenvalue weighted by Crippen LogP contribution is 2.12. The SMILES string of the molecule is CNC(=O)N1CCN(c2ccccn2)CC1. The van der Waals surface area contributed by atoms with E-state index in [0.717, 1.165) is 32.0 Å². The molecule has 0 bridgehead atoms. The topological polar surface area (TPSA) is 48.5 Å². The second kappa shape index (κ2) is 4.83. The Morgan fingerprint density at radius 2 is 2.06 bits per heavy atom. The molecule has 2 amide bonds. The van der Waals surface area contributed by atoms with Gasteiger partial charge in [0.15, 0.2) is 0 Å². The Bertz CT molecular complexity index is 346. The molecule has 2 rings (SSSR count). The minimum Gasteiger partial charge on any atom is -0.353 e. The Kier molecular flexibility index (Phi) is 3.24. The quantitative estimate of drug-likeness (QED) is 0.751. The second-order valence-corrected chi connectivity index (χ2v) is 3.72. The van der Waals surface area contributed by atoms with Gasteiger partial charge in [0.05, 0.1) is 0 Å². The molecule has 0 atom stereocenters. The number of nitrogens with zero attached hydrogens (tertiary/aromatic N) is 3. The number of carbonyl (C=O) groups is 1. The van der Waals surface area contributed by atoms with Crippen LogP contribution in [0.15, 0.2) is 24.4 Å². The van der Waals surface area contributed by atoms with Crippen LogP contribution in [0, 0.1) is 0 Å². The van der Waals surface area contributed by atoms with Gasteiger partial charge in [-0.05, 0) is 12.1 Å². The lowest BCUT2D eigenvalue weighted by Crippen LogP contribution is -2.51. The van der Waals surface area contributed by atoms with Crippen molar-refractivity contribution < 1.29 is 4.79 Å². The van der Waals surface area contributed by atoms with E-state index in [1.165, 1.54) is 0 Å². The van der Waals surface area contributed by atoms with Gasteiger partial charge in [0.1, 0.15) is 5.82 Å². The van der Waals surface area contributed by atoms with Crippen molar-refractivity contribution in [2.45, 2.75) is 0 Å². The summed E-state index contributed by atoms with van der Waals surface area (Å²) in [6, 6.07) is 5.88. The Balaban J connectivity index is 1.93. The van der Waals surface area contributed by atoms with E-state index >= 15 is 0 Å². The number of rotatable bonds is 1. The predicted molar refractivity (Wildman–Crippen MR) is 62.5 cm³/mol. The van der Waals surface area contributed by atoms with Crippen LogP contribution in [-0.4, -0.2) is 49.1 Å². The van der Waals surface area contributed by atoms with Gasteiger partial charge in [-0.3, -0.25) is 0 Å². The summed E-state index contributed by atoms with van der Waals surface area (Å²) in [6.07, 6.45) is 1.79. The molecule has 1 aromatic heterocycles. The number of pyridine rings is 1. The fraction of sp³-hybridized carbons (Fsp3) is 0.455. The van der Waals surface area contributed by atoms with Crippen LogP contribution in [0.25, 0.3) is 0 Å². The van der Waals surface area contributed by atoms with Crippen molar-refractivity contribution in [1.82, 2.24) is 15.2 Å². The standard InChI is InChI=1S/C11H16N4O/c1-12-11(16)15-8-6-14(7-9-15)10-4-2-3-5-13-10/h2-5H,6-9H2,1H3,(H,12,16). The van der Waals surface area contributed by atoms with Gasteiger partial charge < -0.3 is 15.1 Å². The molecular weight excluding hydrogens is 204 g/mol. The first-order chi connectivity index (χ1) is 7.81. The maximum absolute atomic E-state index is 11.4. The van der Waals surface area contributed by atoms with Crippen molar-refractivity contribution in [2.24, 2.45) is 0 Å². The van der Waals surface area contributed by atoms with Crippen LogP contribution in [-0.2, 0) is 0 Å². The van der Waals surface area contributed by atoms with Crippen LogP contribution in [0.4, 0.5) is 10.6 Å². The van der Waals surface area contributed by atoms with Gasteiger partial charge in [-0.1, -0.05) is 6.07 Å². The van der Waals surface area contributed by atoms with Crippen molar-refractivity contribution in [3.05, 3.63) is 24.4 Å². The lowest BCUT2D eigenvalue weighted by atomic mass is 10.3. The average Bonchev–Trinajstić information content (AvgIpc) is 2.39. The molecule has 5 heteroatoms. The number of aromatic nitrogens is 1. The van der Waals surface area contributed by atoms with Crippen LogP contribution in [0.2, 0.25) is 0 Å². The number of carbonyl (C=O) groups excluding carboxylic acids is 1. The zero-order valence-corrected chi connectivity index (χ0v) is 9.39. The van der Waals surface area contributed by atoms with Crippen molar-refractivity contribution in [2.75, 3.05) is 38.1 Å². The summed E-state index contributed by atoms with van der Waals surface area (Å²) in [4.78, 5) is 19.7. The first-order valence-electron chi connectivity index (χ1n) is 5.44. The van der Waals surface area contributed by atoms with E-state index in [1.807, 2.05) is 23.1 Å². The van der Waals surface area contributed by atoms with Gasteiger partial charge in [-0.25, -0.2) is 9.78 Å². The van der Waals surface area contributed by atoms with Gasteiger partial charge in [-0.2, -0.15) is 0 Å². The van der Waals surface area contributed by atoms with E-state index < -0.39 is 0 Å². The van der Waals surface area contributed by atoms with Crippen molar-refractivity contribution in [3.63, 3.8) is 0 Å². The first kappa shape index (κ1) is 10.7. The molecule has 5 nitrogen and oxygen atoms in total. The van der Waals surface area contributed by atoms with E-state index in [0.29, 0.717) is 0 Å². The molecule has 2 heterocycles. The Labute approximate surface area is 95.1 Å².